The van der Waals surface area contributed by atoms with Gasteiger partial charge in [0.25, 0.3) is 0 Å². The zero-order valence-electron chi connectivity index (χ0n) is 13.9. The molecule has 28 heavy (non-hydrogen) atoms. The maximum absolute atomic E-state index is 9.46. The third-order valence-electron chi connectivity index (χ3n) is 1.05. The van der Waals surface area contributed by atoms with Gasteiger partial charge in [-0.2, -0.15) is 0 Å². The Kier molecular flexibility index (Phi) is 56.0. The Balaban J connectivity index is -0.000000137. The molecule has 0 rings (SSSR count). The first kappa shape index (κ1) is 34.7. The van der Waals surface area contributed by atoms with Crippen LogP contribution < -0.4 is 26.4 Å². The number of hydrogen-bond donors (Lipinski definition) is 8. The third-order valence-corrected chi connectivity index (χ3v) is 8.58. The Morgan fingerprint density at radius 1 is 0.286 bits per heavy atom. The maximum atomic E-state index is 9.46. The molecular weight excluding hydrogens is 1050 g/mol. The molecule has 0 atom stereocenters. The summed E-state index contributed by atoms with van der Waals surface area (Å²) in [7, 11) is 0. The van der Waals surface area contributed by atoms with E-state index < -0.39 is 93.9 Å². The molecule has 0 saturated heterocycles. The first-order valence-electron chi connectivity index (χ1n) is 6.20. The monoisotopic (exact) mass is 1070 g/mol. The second kappa shape index (κ2) is 45.2. The van der Waals surface area contributed by atoms with Crippen molar-refractivity contribution in [2.45, 2.75) is 0 Å². The average molecular weight is 1070 g/mol. The molecule has 16 nitrogen and oxygen atoms in total. The van der Waals surface area contributed by atoms with Gasteiger partial charge in [-0.1, -0.05) is 0 Å². The van der Waals surface area contributed by atoms with Crippen LogP contribution in [0.4, 0.5) is 0 Å². The Hall–Kier alpha value is -0.759. The van der Waals surface area contributed by atoms with E-state index in [1.165, 1.54) is 0 Å². The van der Waals surface area contributed by atoms with Crippen LogP contribution in [-0.2, 0) is 132 Å². The van der Waals surface area contributed by atoms with Crippen LogP contribution >= 0.6 is 0 Å². The van der Waals surface area contributed by atoms with Gasteiger partial charge >= 0.3 is 210 Å². The fraction of sp³-hybridized carbons (Fsp3) is 0. The van der Waals surface area contributed by atoms with E-state index in [0.717, 1.165) is 0 Å². The van der Waals surface area contributed by atoms with Crippen LogP contribution in [0.3, 0.4) is 0 Å². The second-order valence-corrected chi connectivity index (χ2v) is 14.5. The van der Waals surface area contributed by atoms with E-state index in [9.17, 15) is 38.4 Å². The minimum absolute atomic E-state index is 0.597. The van der Waals surface area contributed by atoms with Gasteiger partial charge in [-0.3, -0.25) is 0 Å². The summed E-state index contributed by atoms with van der Waals surface area (Å²) in [5.74, 6) is 0. The van der Waals surface area contributed by atoms with Crippen LogP contribution in [0, 0.1) is 0 Å². The number of rotatable bonds is 16. The Bertz CT molecular complexity index is 307. The fourth-order valence-corrected chi connectivity index (χ4v) is 3.29. The third kappa shape index (κ3) is 63.9. The Labute approximate surface area is 207 Å². The van der Waals surface area contributed by atoms with Gasteiger partial charge < -0.3 is 0 Å². The molecule has 0 aliphatic carbocycles. The molecule has 152 valence electrons. The van der Waals surface area contributed by atoms with Crippen molar-refractivity contribution in [2.75, 3.05) is 0 Å². The molecule has 0 radical (unpaired) electrons. The van der Waals surface area contributed by atoms with Gasteiger partial charge in [0.1, 0.15) is 0 Å². The Morgan fingerprint density at radius 2 is 0.393 bits per heavy atom. The van der Waals surface area contributed by atoms with E-state index in [1.54, 1.807) is 0 Å². The summed E-state index contributed by atoms with van der Waals surface area (Å²) in [5.41, 5.74) is 0. The molecule has 0 aromatic carbocycles. The number of hydrogen-bond acceptors (Lipinski definition) is 8. The predicted molar refractivity (Wildman–Crippen MR) is 73.6 cm³/mol. The van der Waals surface area contributed by atoms with Crippen LogP contribution in [0.2, 0.25) is 0 Å². The molecule has 0 unspecified atom stereocenters. The van der Waals surface area contributed by atoms with Crippen molar-refractivity contribution in [1.29, 1.82) is 0 Å². The first-order chi connectivity index (χ1) is 13.7. The van der Waals surface area contributed by atoms with Crippen molar-refractivity contribution >= 4 is 51.3 Å². The van der Waals surface area contributed by atoms with Gasteiger partial charge in [0, 0.05) is 0 Å². The number of carbonyl (C=O) groups is 8. The van der Waals surface area contributed by atoms with E-state index in [4.69, 9.17) is 0 Å². The summed E-state index contributed by atoms with van der Waals surface area (Å²) in [6, 6.07) is 0. The van der Waals surface area contributed by atoms with E-state index >= 15 is 0 Å². The van der Waals surface area contributed by atoms with Gasteiger partial charge in [0.05, 0.1) is 0 Å². The van der Waals surface area contributed by atoms with Gasteiger partial charge in [0.15, 0.2) is 0 Å². The molecule has 0 heterocycles. The number of carbonyl (C=O) groups excluding carboxylic acids is 8. The molecule has 0 bridgehead atoms. The van der Waals surface area contributed by atoms with Gasteiger partial charge in [-0.05, 0) is 0 Å². The number of amides is 8. The van der Waals surface area contributed by atoms with E-state index in [-0.39, 0.29) is 0 Å². The molecule has 0 aliphatic rings. The second-order valence-electron chi connectivity index (χ2n) is 2.60. The molecule has 0 aromatic heterocycles. The normalized spacial score (nSPS) is 6.29. The summed E-state index contributed by atoms with van der Waals surface area (Å²) < 4.78 is 19.4. The summed E-state index contributed by atoms with van der Waals surface area (Å²) in [6.45, 7) is 0. The SMILES string of the molecule is O=C[NH][Hf][NH]C=O.O=C[NH][Hf][NH]C=O.O=C[NH][Hf][NH]C=O.O=C[NH][Hf][NH]C=O. The molecule has 0 spiro atoms. The summed E-state index contributed by atoms with van der Waals surface area (Å²) in [6.07, 6.45) is 4.77. The van der Waals surface area contributed by atoms with Gasteiger partial charge in [0.2, 0.25) is 0 Å². The van der Waals surface area contributed by atoms with Crippen LogP contribution in [0.15, 0.2) is 0 Å². The Morgan fingerprint density at radius 3 is 0.464 bits per heavy atom. The van der Waals surface area contributed by atoms with Gasteiger partial charge in [-0.15, -0.1) is 0 Å². The molecule has 20 heteroatoms. The van der Waals surface area contributed by atoms with Crippen LogP contribution in [-0.4, -0.2) is 51.3 Å². The average Bonchev–Trinajstić information content (AvgIpc) is 2.71. The quantitative estimate of drug-likeness (QED) is 0.0420. The van der Waals surface area contributed by atoms with Crippen molar-refractivity contribution in [2.24, 2.45) is 0 Å². The number of nitrogens with one attached hydrogen (secondary N) is 8. The predicted octanol–water partition coefficient (Wildman–Crippen LogP) is -6.44. The van der Waals surface area contributed by atoms with Crippen molar-refractivity contribution in [3.63, 3.8) is 0 Å². The summed E-state index contributed by atoms with van der Waals surface area (Å²) >= 11 is -4.94. The summed E-state index contributed by atoms with van der Waals surface area (Å²) in [5, 5.41) is 0. The van der Waals surface area contributed by atoms with E-state index in [0.29, 0.717) is 51.3 Å². The van der Waals surface area contributed by atoms with Crippen molar-refractivity contribution in [3.8, 4) is 0 Å². The zero-order valence-corrected chi connectivity index (χ0v) is 28.3. The van der Waals surface area contributed by atoms with E-state index in [1.807, 2.05) is 0 Å². The van der Waals surface area contributed by atoms with E-state index in [2.05, 4.69) is 26.4 Å². The van der Waals surface area contributed by atoms with Crippen molar-refractivity contribution < 1.29 is 132 Å². The molecule has 8 N–H and O–H groups in total. The first-order valence-corrected chi connectivity index (χ1v) is 20.6. The van der Waals surface area contributed by atoms with Crippen molar-refractivity contribution in [1.82, 2.24) is 26.4 Å². The van der Waals surface area contributed by atoms with Crippen molar-refractivity contribution in [3.05, 3.63) is 0 Å². The fourth-order valence-electron chi connectivity index (χ4n) is 0.402. The molecule has 0 saturated carbocycles. The van der Waals surface area contributed by atoms with Gasteiger partial charge in [-0.25, -0.2) is 0 Å². The standard InChI is InChI=1S/8CH3NO.4Hf/c8*2-1-3;;;;/h8*1H,(H2,2,3);;;;/q;;;;;;;;4*+2/p-8. The summed E-state index contributed by atoms with van der Waals surface area (Å²) in [4.78, 5) is 75.7. The molecule has 0 aliphatic heterocycles. The zero-order chi connectivity index (χ0) is 22.1. The molecule has 0 aromatic rings. The van der Waals surface area contributed by atoms with Crippen LogP contribution in [0.1, 0.15) is 0 Å². The minimum atomic E-state index is -1.24. The molecular formula is C8H16Hf4N8O8. The molecule has 8 amide bonds. The van der Waals surface area contributed by atoms with Crippen LogP contribution in [0.5, 0.6) is 0 Å². The molecule has 0 fully saturated rings. The van der Waals surface area contributed by atoms with Crippen LogP contribution in [0.25, 0.3) is 0 Å². The topological polar surface area (TPSA) is 233 Å².